The molecule has 8 nitrogen and oxygen atoms in total. The van der Waals surface area contributed by atoms with Crippen LogP contribution in [0, 0.1) is 0 Å². The highest BCUT2D eigenvalue weighted by molar-refractivity contribution is 7.92. The van der Waals surface area contributed by atoms with Gasteiger partial charge in [-0.15, -0.1) is 0 Å². The molecular formula is C17H21N3O5S. The van der Waals surface area contributed by atoms with Crippen molar-refractivity contribution in [1.82, 2.24) is 5.32 Å². The fourth-order valence-electron chi connectivity index (χ4n) is 2.71. The van der Waals surface area contributed by atoms with Gasteiger partial charge < -0.3 is 19.5 Å². The molecule has 0 saturated carbocycles. The molecule has 1 saturated heterocycles. The van der Waals surface area contributed by atoms with Crippen molar-refractivity contribution in [2.75, 3.05) is 36.9 Å². The highest BCUT2D eigenvalue weighted by Crippen LogP contribution is 2.28. The van der Waals surface area contributed by atoms with Gasteiger partial charge in [-0.1, -0.05) is 0 Å². The highest BCUT2D eigenvalue weighted by atomic mass is 32.2. The lowest BCUT2D eigenvalue weighted by Gasteiger charge is -2.21. The SMILES string of the molecule is COc1cc(NS(=O)(=O)c2ccc(N3CCNC3O)cc2)cc(OC)c1. The lowest BCUT2D eigenvalue weighted by molar-refractivity contribution is 0.163. The number of hydrogen-bond donors (Lipinski definition) is 3. The maximum atomic E-state index is 12.6. The van der Waals surface area contributed by atoms with Crippen molar-refractivity contribution in [3.63, 3.8) is 0 Å². The highest BCUT2D eigenvalue weighted by Gasteiger charge is 2.22. The molecule has 1 atom stereocenters. The van der Waals surface area contributed by atoms with Crippen molar-refractivity contribution < 1.29 is 23.0 Å². The lowest BCUT2D eigenvalue weighted by atomic mass is 10.3. The second-order valence-corrected chi connectivity index (χ2v) is 7.40. The number of nitrogens with zero attached hydrogens (tertiary/aromatic N) is 1. The first-order valence-corrected chi connectivity index (χ1v) is 9.45. The molecule has 140 valence electrons. The molecule has 2 aromatic rings. The van der Waals surface area contributed by atoms with Crippen LogP contribution < -0.4 is 24.4 Å². The van der Waals surface area contributed by atoms with Gasteiger partial charge in [0, 0.05) is 37.0 Å². The first kappa shape index (κ1) is 18.3. The third-order valence-corrected chi connectivity index (χ3v) is 5.45. The molecule has 1 heterocycles. The molecule has 26 heavy (non-hydrogen) atoms. The number of anilines is 2. The number of ether oxygens (including phenoxy) is 2. The Kier molecular flexibility index (Phi) is 5.21. The average Bonchev–Trinajstić information content (AvgIpc) is 3.07. The molecule has 2 aromatic carbocycles. The topological polar surface area (TPSA) is 100 Å². The summed E-state index contributed by atoms with van der Waals surface area (Å²) in [6.07, 6.45) is -0.764. The summed E-state index contributed by atoms with van der Waals surface area (Å²) in [7, 11) is -0.788. The number of aliphatic hydroxyl groups excluding tert-OH is 1. The van der Waals surface area contributed by atoms with E-state index >= 15 is 0 Å². The Balaban J connectivity index is 1.82. The number of methoxy groups -OCH3 is 2. The zero-order valence-corrected chi connectivity index (χ0v) is 15.3. The summed E-state index contributed by atoms with van der Waals surface area (Å²) < 4.78 is 38.1. The van der Waals surface area contributed by atoms with Gasteiger partial charge in [-0.25, -0.2) is 8.42 Å². The monoisotopic (exact) mass is 379 g/mol. The van der Waals surface area contributed by atoms with Crippen molar-refractivity contribution in [2.24, 2.45) is 0 Å². The van der Waals surface area contributed by atoms with Crippen molar-refractivity contribution >= 4 is 21.4 Å². The van der Waals surface area contributed by atoms with Crippen LogP contribution in [0.15, 0.2) is 47.4 Å². The van der Waals surface area contributed by atoms with E-state index in [2.05, 4.69) is 10.0 Å². The molecule has 9 heteroatoms. The molecule has 1 aliphatic heterocycles. The standard InChI is InChI=1S/C17H21N3O5S/c1-24-14-9-12(10-15(11-14)25-2)19-26(22,23)16-5-3-13(4-6-16)20-8-7-18-17(20)21/h3-6,9-11,17-19,21H,7-8H2,1-2H3. The predicted molar refractivity (Wildman–Crippen MR) is 98.2 cm³/mol. The quantitative estimate of drug-likeness (QED) is 0.693. The van der Waals surface area contributed by atoms with E-state index < -0.39 is 16.4 Å². The maximum absolute atomic E-state index is 12.6. The number of nitrogens with one attached hydrogen (secondary N) is 2. The van der Waals surface area contributed by atoms with Gasteiger partial charge >= 0.3 is 0 Å². The number of aliphatic hydroxyl groups is 1. The zero-order chi connectivity index (χ0) is 18.7. The van der Waals surface area contributed by atoms with Crippen LogP contribution in [0.25, 0.3) is 0 Å². The largest absolute Gasteiger partial charge is 0.497 e. The summed E-state index contributed by atoms with van der Waals surface area (Å²) in [5, 5.41) is 12.7. The lowest BCUT2D eigenvalue weighted by Crippen LogP contribution is -2.35. The van der Waals surface area contributed by atoms with E-state index in [0.717, 1.165) is 5.69 Å². The van der Waals surface area contributed by atoms with E-state index in [0.29, 0.717) is 30.3 Å². The van der Waals surface area contributed by atoms with Gasteiger partial charge in [-0.2, -0.15) is 0 Å². The van der Waals surface area contributed by atoms with E-state index in [4.69, 9.17) is 9.47 Å². The Hall–Kier alpha value is -2.49. The molecular weight excluding hydrogens is 358 g/mol. The molecule has 3 N–H and O–H groups in total. The fraction of sp³-hybridized carbons (Fsp3) is 0.294. The minimum Gasteiger partial charge on any atom is -0.497 e. The van der Waals surface area contributed by atoms with Gasteiger partial charge in [0.2, 0.25) is 0 Å². The zero-order valence-electron chi connectivity index (χ0n) is 14.5. The van der Waals surface area contributed by atoms with Crippen molar-refractivity contribution in [2.45, 2.75) is 11.2 Å². The summed E-state index contributed by atoms with van der Waals surface area (Å²) in [6, 6.07) is 11.1. The van der Waals surface area contributed by atoms with Crippen LogP contribution in [0.1, 0.15) is 0 Å². The van der Waals surface area contributed by atoms with Crippen LogP contribution >= 0.6 is 0 Å². The Bertz CT molecular complexity index is 848. The summed E-state index contributed by atoms with van der Waals surface area (Å²) in [5.74, 6) is 0.959. The Labute approximate surface area is 152 Å². The second kappa shape index (κ2) is 7.40. The predicted octanol–water partition coefficient (Wildman–Crippen LogP) is 1.19. The number of sulfonamides is 1. The molecule has 3 rings (SSSR count). The number of benzene rings is 2. The van der Waals surface area contributed by atoms with E-state index in [1.54, 1.807) is 35.2 Å². The molecule has 0 spiro atoms. The second-order valence-electron chi connectivity index (χ2n) is 5.72. The van der Waals surface area contributed by atoms with Crippen LogP contribution in [-0.2, 0) is 10.0 Å². The van der Waals surface area contributed by atoms with Crippen LogP contribution in [0.3, 0.4) is 0 Å². The summed E-state index contributed by atoms with van der Waals surface area (Å²) >= 11 is 0. The smallest absolute Gasteiger partial charge is 0.261 e. The molecule has 0 bridgehead atoms. The van der Waals surface area contributed by atoms with Crippen LogP contribution in [0.2, 0.25) is 0 Å². The van der Waals surface area contributed by atoms with E-state index in [9.17, 15) is 13.5 Å². The number of rotatable bonds is 6. The normalized spacial score (nSPS) is 17.2. The molecule has 0 amide bonds. The minimum atomic E-state index is -3.77. The van der Waals surface area contributed by atoms with E-state index in [-0.39, 0.29) is 4.90 Å². The van der Waals surface area contributed by atoms with Gasteiger partial charge in [0.1, 0.15) is 11.5 Å². The Morgan fingerprint density at radius 1 is 1.12 bits per heavy atom. The molecule has 0 aromatic heterocycles. The van der Waals surface area contributed by atoms with Crippen LogP contribution in [0.5, 0.6) is 11.5 Å². The molecule has 1 aliphatic rings. The fourth-order valence-corrected chi connectivity index (χ4v) is 3.75. The molecule has 0 aliphatic carbocycles. The van der Waals surface area contributed by atoms with Gasteiger partial charge in [0.05, 0.1) is 24.8 Å². The molecule has 1 unspecified atom stereocenters. The van der Waals surface area contributed by atoms with Crippen LogP contribution in [-0.4, -0.2) is 47.2 Å². The van der Waals surface area contributed by atoms with Crippen molar-refractivity contribution in [1.29, 1.82) is 0 Å². The third kappa shape index (κ3) is 3.85. The summed E-state index contributed by atoms with van der Waals surface area (Å²) in [6.45, 7) is 1.32. The first-order chi connectivity index (χ1) is 12.4. The molecule has 0 radical (unpaired) electrons. The van der Waals surface area contributed by atoms with E-state index in [1.165, 1.54) is 26.4 Å². The third-order valence-electron chi connectivity index (χ3n) is 4.06. The first-order valence-electron chi connectivity index (χ1n) is 7.97. The van der Waals surface area contributed by atoms with Gasteiger partial charge in [0.15, 0.2) is 6.35 Å². The number of hydrogen-bond acceptors (Lipinski definition) is 7. The van der Waals surface area contributed by atoms with Crippen LogP contribution in [0.4, 0.5) is 11.4 Å². The van der Waals surface area contributed by atoms with Gasteiger partial charge in [-0.05, 0) is 24.3 Å². The summed E-state index contributed by atoms with van der Waals surface area (Å²) in [5.41, 5.74) is 1.08. The Morgan fingerprint density at radius 3 is 2.23 bits per heavy atom. The van der Waals surface area contributed by atoms with Crippen molar-refractivity contribution in [3.05, 3.63) is 42.5 Å². The van der Waals surface area contributed by atoms with Gasteiger partial charge in [-0.3, -0.25) is 10.0 Å². The molecule has 1 fully saturated rings. The van der Waals surface area contributed by atoms with Gasteiger partial charge in [0.25, 0.3) is 10.0 Å². The summed E-state index contributed by atoms with van der Waals surface area (Å²) in [4.78, 5) is 1.86. The minimum absolute atomic E-state index is 0.115. The Morgan fingerprint density at radius 2 is 1.73 bits per heavy atom. The maximum Gasteiger partial charge on any atom is 0.261 e. The van der Waals surface area contributed by atoms with Crippen molar-refractivity contribution in [3.8, 4) is 11.5 Å². The van der Waals surface area contributed by atoms with E-state index in [1.807, 2.05) is 0 Å². The average molecular weight is 379 g/mol.